The van der Waals surface area contributed by atoms with Crippen LogP contribution in [0.3, 0.4) is 0 Å². The molecule has 2 aromatic rings. The standard InChI is InChI=1S/C24H32ClN3O5S/c1-17(23(30)26-24(2,3)4)27(15-18-10-8-7-9-11-18)22(29)16-28(34(6,31)32)19-12-13-21(33-5)20(25)14-19/h7-14,17H,15-16H2,1-6H3,(H,26,30)/t17-/m0/s1. The minimum absolute atomic E-state index is 0.138. The van der Waals surface area contributed by atoms with E-state index in [1.54, 1.807) is 6.92 Å². The van der Waals surface area contributed by atoms with Gasteiger partial charge in [0, 0.05) is 12.1 Å². The van der Waals surface area contributed by atoms with Crippen molar-refractivity contribution in [2.75, 3.05) is 24.2 Å². The van der Waals surface area contributed by atoms with Crippen molar-refractivity contribution in [3.05, 3.63) is 59.1 Å². The van der Waals surface area contributed by atoms with Gasteiger partial charge in [0.25, 0.3) is 0 Å². The summed E-state index contributed by atoms with van der Waals surface area (Å²) in [6.45, 7) is 6.80. The molecule has 2 rings (SSSR count). The van der Waals surface area contributed by atoms with Crippen LogP contribution in [0.4, 0.5) is 5.69 Å². The van der Waals surface area contributed by atoms with Gasteiger partial charge in [-0.2, -0.15) is 0 Å². The van der Waals surface area contributed by atoms with E-state index < -0.39 is 34.1 Å². The first kappa shape index (κ1) is 27.5. The van der Waals surface area contributed by atoms with E-state index in [1.807, 2.05) is 51.1 Å². The Labute approximate surface area is 206 Å². The molecule has 10 heteroatoms. The highest BCUT2D eigenvalue weighted by atomic mass is 35.5. The van der Waals surface area contributed by atoms with Gasteiger partial charge in [-0.05, 0) is 51.5 Å². The smallest absolute Gasteiger partial charge is 0.244 e. The predicted octanol–water partition coefficient (Wildman–Crippen LogP) is 3.45. The van der Waals surface area contributed by atoms with Crippen LogP contribution in [0.15, 0.2) is 48.5 Å². The number of halogens is 1. The lowest BCUT2D eigenvalue weighted by Gasteiger charge is -2.33. The van der Waals surface area contributed by atoms with Gasteiger partial charge in [0.15, 0.2) is 0 Å². The largest absolute Gasteiger partial charge is 0.495 e. The van der Waals surface area contributed by atoms with Crippen molar-refractivity contribution in [3.8, 4) is 5.75 Å². The summed E-state index contributed by atoms with van der Waals surface area (Å²) in [7, 11) is -2.40. The summed E-state index contributed by atoms with van der Waals surface area (Å²) >= 11 is 6.19. The fraction of sp³-hybridized carbons (Fsp3) is 0.417. The minimum atomic E-state index is -3.84. The Bertz CT molecular complexity index is 1120. The molecule has 8 nitrogen and oxygen atoms in total. The van der Waals surface area contributed by atoms with Crippen molar-refractivity contribution in [1.29, 1.82) is 0 Å². The first-order valence-electron chi connectivity index (χ1n) is 10.7. The zero-order chi connectivity index (χ0) is 25.7. The third-order valence-electron chi connectivity index (χ3n) is 4.96. The molecule has 0 unspecified atom stereocenters. The molecular formula is C24H32ClN3O5S. The van der Waals surface area contributed by atoms with Crippen LogP contribution in [0, 0.1) is 0 Å². The highest BCUT2D eigenvalue weighted by molar-refractivity contribution is 7.92. The molecule has 1 atom stereocenters. The van der Waals surface area contributed by atoms with Crippen LogP contribution >= 0.6 is 11.6 Å². The fourth-order valence-corrected chi connectivity index (χ4v) is 4.35. The summed E-state index contributed by atoms with van der Waals surface area (Å²) in [5.74, 6) is -0.490. The lowest BCUT2D eigenvalue weighted by Crippen LogP contribution is -2.54. The highest BCUT2D eigenvalue weighted by Crippen LogP contribution is 2.30. The number of methoxy groups -OCH3 is 1. The van der Waals surface area contributed by atoms with Crippen molar-refractivity contribution in [3.63, 3.8) is 0 Å². The summed E-state index contributed by atoms with van der Waals surface area (Å²) < 4.78 is 31.3. The van der Waals surface area contributed by atoms with Gasteiger partial charge in [-0.25, -0.2) is 8.42 Å². The molecule has 34 heavy (non-hydrogen) atoms. The van der Waals surface area contributed by atoms with Crippen molar-refractivity contribution < 1.29 is 22.7 Å². The number of nitrogens with zero attached hydrogens (tertiary/aromatic N) is 2. The topological polar surface area (TPSA) is 96.0 Å². The van der Waals surface area contributed by atoms with Gasteiger partial charge in [0.2, 0.25) is 21.8 Å². The van der Waals surface area contributed by atoms with E-state index >= 15 is 0 Å². The van der Waals surface area contributed by atoms with Crippen LogP contribution in [-0.4, -0.2) is 56.6 Å². The van der Waals surface area contributed by atoms with Gasteiger partial charge in [-0.3, -0.25) is 13.9 Å². The van der Waals surface area contributed by atoms with Crippen molar-refractivity contribution in [2.24, 2.45) is 0 Å². The molecule has 186 valence electrons. The molecule has 0 spiro atoms. The van der Waals surface area contributed by atoms with Gasteiger partial charge >= 0.3 is 0 Å². The molecule has 0 aromatic heterocycles. The Balaban J connectivity index is 2.40. The molecule has 2 aromatic carbocycles. The maximum Gasteiger partial charge on any atom is 0.244 e. The maximum atomic E-state index is 13.5. The lowest BCUT2D eigenvalue weighted by molar-refractivity contribution is -0.140. The van der Waals surface area contributed by atoms with Crippen molar-refractivity contribution in [1.82, 2.24) is 10.2 Å². The molecule has 0 aliphatic rings. The Kier molecular flexibility index (Phi) is 8.96. The lowest BCUT2D eigenvalue weighted by atomic mass is 10.1. The number of benzene rings is 2. The second-order valence-corrected chi connectivity index (χ2v) is 11.3. The van der Waals surface area contributed by atoms with Gasteiger partial charge in [0.05, 0.1) is 24.1 Å². The Morgan fingerprint density at radius 3 is 2.24 bits per heavy atom. The van der Waals surface area contributed by atoms with Gasteiger partial charge in [0.1, 0.15) is 18.3 Å². The van der Waals surface area contributed by atoms with E-state index in [-0.39, 0.29) is 23.2 Å². The molecule has 0 fully saturated rings. The second kappa shape index (κ2) is 11.1. The molecule has 0 saturated heterocycles. The van der Waals surface area contributed by atoms with Crippen LogP contribution in [0.1, 0.15) is 33.3 Å². The Morgan fingerprint density at radius 1 is 1.12 bits per heavy atom. The normalized spacial score (nSPS) is 12.6. The number of ether oxygens (including phenoxy) is 1. The zero-order valence-corrected chi connectivity index (χ0v) is 21.9. The summed E-state index contributed by atoms with van der Waals surface area (Å²) in [5.41, 5.74) is 0.531. The third-order valence-corrected chi connectivity index (χ3v) is 6.40. The van der Waals surface area contributed by atoms with Gasteiger partial charge in [-0.15, -0.1) is 0 Å². The average Bonchev–Trinajstić information content (AvgIpc) is 2.73. The molecule has 0 aliphatic heterocycles. The number of carbonyl (C=O) groups is 2. The van der Waals surface area contributed by atoms with E-state index in [0.717, 1.165) is 16.1 Å². The van der Waals surface area contributed by atoms with E-state index in [2.05, 4.69) is 5.32 Å². The number of amides is 2. The summed E-state index contributed by atoms with van der Waals surface area (Å²) in [6, 6.07) is 12.8. The van der Waals surface area contributed by atoms with Gasteiger partial charge < -0.3 is 15.0 Å². The number of carbonyl (C=O) groups excluding carboxylic acids is 2. The number of sulfonamides is 1. The molecule has 0 saturated carbocycles. The van der Waals surface area contributed by atoms with Crippen LogP contribution in [0.2, 0.25) is 5.02 Å². The van der Waals surface area contributed by atoms with Gasteiger partial charge in [-0.1, -0.05) is 41.9 Å². The fourth-order valence-electron chi connectivity index (χ4n) is 3.26. The Hall–Kier alpha value is -2.78. The summed E-state index contributed by atoms with van der Waals surface area (Å²) in [5, 5.41) is 3.09. The molecule has 2 amide bonds. The molecule has 0 heterocycles. The molecule has 0 bridgehead atoms. The first-order valence-corrected chi connectivity index (χ1v) is 12.9. The summed E-state index contributed by atoms with van der Waals surface area (Å²) in [6.07, 6.45) is 1.01. The monoisotopic (exact) mass is 509 g/mol. The molecule has 0 aliphatic carbocycles. The van der Waals surface area contributed by atoms with E-state index in [0.29, 0.717) is 5.75 Å². The van der Waals surface area contributed by atoms with Crippen LogP contribution in [-0.2, 0) is 26.2 Å². The van der Waals surface area contributed by atoms with Crippen LogP contribution in [0.25, 0.3) is 0 Å². The Morgan fingerprint density at radius 2 is 1.74 bits per heavy atom. The minimum Gasteiger partial charge on any atom is -0.495 e. The van der Waals surface area contributed by atoms with E-state index in [9.17, 15) is 18.0 Å². The number of rotatable bonds is 9. The number of anilines is 1. The van der Waals surface area contributed by atoms with Crippen LogP contribution < -0.4 is 14.4 Å². The first-order chi connectivity index (χ1) is 15.7. The number of hydrogen-bond donors (Lipinski definition) is 1. The molecule has 0 radical (unpaired) electrons. The molecular weight excluding hydrogens is 478 g/mol. The highest BCUT2D eigenvalue weighted by Gasteiger charge is 2.31. The number of hydrogen-bond acceptors (Lipinski definition) is 5. The average molecular weight is 510 g/mol. The van der Waals surface area contributed by atoms with Crippen molar-refractivity contribution >= 4 is 39.1 Å². The quantitative estimate of drug-likeness (QED) is 0.558. The zero-order valence-electron chi connectivity index (χ0n) is 20.3. The number of nitrogens with one attached hydrogen (secondary N) is 1. The van der Waals surface area contributed by atoms with Crippen LogP contribution in [0.5, 0.6) is 5.75 Å². The molecule has 1 N–H and O–H groups in total. The van der Waals surface area contributed by atoms with Crippen molar-refractivity contribution in [2.45, 2.75) is 45.8 Å². The second-order valence-electron chi connectivity index (χ2n) is 9.01. The van der Waals surface area contributed by atoms with E-state index in [4.69, 9.17) is 16.3 Å². The maximum absolute atomic E-state index is 13.5. The summed E-state index contributed by atoms with van der Waals surface area (Å²) in [4.78, 5) is 27.7. The predicted molar refractivity (Wildman–Crippen MR) is 135 cm³/mol. The van der Waals surface area contributed by atoms with E-state index in [1.165, 1.54) is 30.2 Å². The third kappa shape index (κ3) is 7.63. The SMILES string of the molecule is COc1ccc(N(CC(=O)N(Cc2ccccc2)[C@@H](C)C(=O)NC(C)(C)C)S(C)(=O)=O)cc1Cl.